The lowest BCUT2D eigenvalue weighted by Crippen LogP contribution is -2.15. The van der Waals surface area contributed by atoms with Gasteiger partial charge in [-0.25, -0.2) is 4.98 Å². The lowest BCUT2D eigenvalue weighted by molar-refractivity contribution is 0.102. The lowest BCUT2D eigenvalue weighted by Gasteiger charge is -2.18. The summed E-state index contributed by atoms with van der Waals surface area (Å²) in [5, 5.41) is 6.26. The van der Waals surface area contributed by atoms with E-state index in [0.29, 0.717) is 5.69 Å². The quantitative estimate of drug-likeness (QED) is 0.873. The van der Waals surface area contributed by atoms with Gasteiger partial charge in [0.25, 0.3) is 5.91 Å². The number of rotatable bonds is 2. The van der Waals surface area contributed by atoms with Gasteiger partial charge in [-0.3, -0.25) is 4.79 Å². The molecule has 1 amide bonds. The number of anilines is 2. The third kappa shape index (κ3) is 4.12. The molecule has 0 aliphatic carbocycles. The van der Waals surface area contributed by atoms with Crippen molar-refractivity contribution in [2.45, 2.75) is 19.8 Å². The maximum atomic E-state index is 12.1. The van der Waals surface area contributed by atoms with Crippen molar-refractivity contribution in [1.82, 2.24) is 4.98 Å². The van der Waals surface area contributed by atoms with Crippen LogP contribution in [0.1, 0.15) is 28.2 Å². The number of hydrogen-bond donors (Lipinski definition) is 2. The van der Waals surface area contributed by atoms with Gasteiger partial charge in [0.1, 0.15) is 5.69 Å². The normalized spacial score (nSPS) is 12.0. The molecule has 2 aromatic rings. The van der Waals surface area contributed by atoms with E-state index in [4.69, 9.17) is 0 Å². The van der Waals surface area contributed by atoms with Crippen LogP contribution in [0.25, 0.3) is 0 Å². The van der Waals surface area contributed by atoms with E-state index in [9.17, 15) is 4.79 Å². The highest BCUT2D eigenvalue weighted by Crippen LogP contribution is 2.25. The molecule has 0 unspecified atom stereocenters. The van der Waals surface area contributed by atoms with Crippen LogP contribution in [0, 0.1) is 6.92 Å². The van der Waals surface area contributed by atoms with Gasteiger partial charge in [-0.15, -0.1) is 24.8 Å². The van der Waals surface area contributed by atoms with Crippen molar-refractivity contribution in [3.63, 3.8) is 0 Å². The Balaban J connectivity index is 0.00000121. The highest BCUT2D eigenvalue weighted by molar-refractivity contribution is 6.03. The first kappa shape index (κ1) is 18.3. The smallest absolute Gasteiger partial charge is 0.274 e. The predicted molar refractivity (Wildman–Crippen MR) is 94.7 cm³/mol. The summed E-state index contributed by atoms with van der Waals surface area (Å²) in [5.41, 5.74) is 4.53. The highest BCUT2D eigenvalue weighted by Gasteiger charge is 2.11. The van der Waals surface area contributed by atoms with Crippen LogP contribution in [0.3, 0.4) is 0 Å². The summed E-state index contributed by atoms with van der Waals surface area (Å²) in [4.78, 5) is 16.4. The molecule has 1 aromatic heterocycles. The van der Waals surface area contributed by atoms with Crippen LogP contribution in [0.4, 0.5) is 11.4 Å². The molecular formula is C16H19Cl2N3O. The van der Waals surface area contributed by atoms with Crippen molar-refractivity contribution in [2.24, 2.45) is 0 Å². The van der Waals surface area contributed by atoms with Crippen molar-refractivity contribution in [3.05, 3.63) is 53.3 Å². The number of aromatic nitrogens is 1. The van der Waals surface area contributed by atoms with E-state index in [2.05, 4.69) is 15.6 Å². The number of carbonyl (C=O) groups excluding carboxylic acids is 1. The van der Waals surface area contributed by atoms with Crippen LogP contribution in [-0.4, -0.2) is 17.4 Å². The average Bonchev–Trinajstić information content (AvgIpc) is 2.47. The van der Waals surface area contributed by atoms with Crippen LogP contribution >= 0.6 is 24.8 Å². The largest absolute Gasteiger partial charge is 0.385 e. The van der Waals surface area contributed by atoms with Gasteiger partial charge in [-0.05, 0) is 55.7 Å². The third-order valence-corrected chi connectivity index (χ3v) is 3.42. The van der Waals surface area contributed by atoms with E-state index >= 15 is 0 Å². The van der Waals surface area contributed by atoms with Gasteiger partial charge >= 0.3 is 0 Å². The van der Waals surface area contributed by atoms with Gasteiger partial charge in [0, 0.05) is 23.6 Å². The first-order chi connectivity index (χ1) is 9.72. The molecule has 22 heavy (non-hydrogen) atoms. The number of pyridine rings is 1. The van der Waals surface area contributed by atoms with E-state index in [1.54, 1.807) is 6.07 Å². The van der Waals surface area contributed by atoms with E-state index < -0.39 is 0 Å². The Morgan fingerprint density at radius 2 is 2.05 bits per heavy atom. The zero-order valence-electron chi connectivity index (χ0n) is 12.3. The van der Waals surface area contributed by atoms with Crippen LogP contribution in [0.2, 0.25) is 0 Å². The summed E-state index contributed by atoms with van der Waals surface area (Å²) in [6, 6.07) is 11.4. The fourth-order valence-electron chi connectivity index (χ4n) is 2.42. The second-order valence-corrected chi connectivity index (χ2v) is 5.02. The van der Waals surface area contributed by atoms with Crippen LogP contribution in [0.15, 0.2) is 36.4 Å². The molecular weight excluding hydrogens is 321 g/mol. The molecule has 6 heteroatoms. The molecule has 1 aliphatic rings. The number of nitrogens with one attached hydrogen (secondary N) is 2. The van der Waals surface area contributed by atoms with Crippen LogP contribution < -0.4 is 10.6 Å². The Bertz CT molecular complexity index is 662. The third-order valence-electron chi connectivity index (χ3n) is 3.42. The lowest BCUT2D eigenvalue weighted by atomic mass is 10.0. The fourth-order valence-corrected chi connectivity index (χ4v) is 2.42. The Kier molecular flexibility index (Phi) is 6.65. The molecule has 0 atom stereocenters. The zero-order valence-corrected chi connectivity index (χ0v) is 13.9. The minimum atomic E-state index is -0.169. The number of nitrogens with zero attached hydrogens (tertiary/aromatic N) is 1. The first-order valence-corrected chi connectivity index (χ1v) is 6.84. The molecule has 0 fully saturated rings. The van der Waals surface area contributed by atoms with E-state index in [1.807, 2.05) is 37.3 Å². The van der Waals surface area contributed by atoms with Gasteiger partial charge in [0.05, 0.1) is 0 Å². The Morgan fingerprint density at radius 3 is 2.82 bits per heavy atom. The molecule has 1 aromatic carbocycles. The minimum Gasteiger partial charge on any atom is -0.385 e. The van der Waals surface area contributed by atoms with Crippen molar-refractivity contribution < 1.29 is 4.79 Å². The number of hydrogen-bond acceptors (Lipinski definition) is 3. The van der Waals surface area contributed by atoms with E-state index in [1.165, 1.54) is 11.3 Å². The predicted octanol–water partition coefficient (Wildman–Crippen LogP) is 3.84. The molecule has 4 nitrogen and oxygen atoms in total. The molecule has 0 saturated carbocycles. The Hall–Kier alpha value is -1.78. The second kappa shape index (κ2) is 8.01. The monoisotopic (exact) mass is 339 g/mol. The number of halogens is 2. The minimum absolute atomic E-state index is 0. The molecule has 0 saturated heterocycles. The maximum Gasteiger partial charge on any atom is 0.274 e. The summed E-state index contributed by atoms with van der Waals surface area (Å²) in [5.74, 6) is -0.169. The van der Waals surface area contributed by atoms with Crippen molar-refractivity contribution in [2.75, 3.05) is 17.2 Å². The average molecular weight is 340 g/mol. The van der Waals surface area contributed by atoms with Crippen LogP contribution in [0.5, 0.6) is 0 Å². The summed E-state index contributed by atoms with van der Waals surface area (Å²) in [6.07, 6.45) is 2.18. The van der Waals surface area contributed by atoms with E-state index in [-0.39, 0.29) is 30.7 Å². The number of fused-ring (bicyclic) bond motifs is 1. The summed E-state index contributed by atoms with van der Waals surface area (Å²) in [7, 11) is 0. The van der Waals surface area contributed by atoms with Gasteiger partial charge < -0.3 is 10.6 Å². The van der Waals surface area contributed by atoms with Crippen LogP contribution in [-0.2, 0) is 6.42 Å². The van der Waals surface area contributed by atoms with Gasteiger partial charge in [-0.2, -0.15) is 0 Å². The van der Waals surface area contributed by atoms with E-state index in [0.717, 1.165) is 30.8 Å². The molecule has 3 rings (SSSR count). The standard InChI is InChI=1S/C16H17N3O.2ClH/c1-11-4-2-6-15(18-11)16(20)19-13-7-8-14-12(10-13)5-3-9-17-14;;/h2,4,6-8,10,17H,3,5,9H2,1H3,(H,19,20);2*1H. The zero-order chi connectivity index (χ0) is 13.9. The molecule has 0 spiro atoms. The van der Waals surface area contributed by atoms with Crippen molar-refractivity contribution >= 4 is 42.1 Å². The van der Waals surface area contributed by atoms with Gasteiger partial charge in [-0.1, -0.05) is 6.07 Å². The number of benzene rings is 1. The molecule has 118 valence electrons. The topological polar surface area (TPSA) is 54.0 Å². The SMILES string of the molecule is Cc1cccc(C(=O)Nc2ccc3c(c2)CCCN3)n1.Cl.Cl. The van der Waals surface area contributed by atoms with Crippen molar-refractivity contribution in [1.29, 1.82) is 0 Å². The fraction of sp³-hybridized carbons (Fsp3) is 0.250. The van der Waals surface area contributed by atoms with Gasteiger partial charge in [0.2, 0.25) is 0 Å². The molecule has 2 heterocycles. The highest BCUT2D eigenvalue weighted by atomic mass is 35.5. The summed E-state index contributed by atoms with van der Waals surface area (Å²) < 4.78 is 0. The number of amides is 1. The molecule has 2 N–H and O–H groups in total. The summed E-state index contributed by atoms with van der Waals surface area (Å²) >= 11 is 0. The Labute approximate surface area is 142 Å². The van der Waals surface area contributed by atoms with Crippen molar-refractivity contribution in [3.8, 4) is 0 Å². The Morgan fingerprint density at radius 1 is 1.23 bits per heavy atom. The summed E-state index contributed by atoms with van der Waals surface area (Å²) in [6.45, 7) is 2.90. The number of aryl methyl sites for hydroxylation is 2. The molecule has 1 aliphatic heterocycles. The second-order valence-electron chi connectivity index (χ2n) is 5.02. The molecule has 0 bridgehead atoms. The first-order valence-electron chi connectivity index (χ1n) is 6.84. The molecule has 0 radical (unpaired) electrons. The number of carbonyl (C=O) groups is 1. The van der Waals surface area contributed by atoms with Gasteiger partial charge in [0.15, 0.2) is 0 Å². The maximum absolute atomic E-state index is 12.1.